The van der Waals surface area contributed by atoms with E-state index in [0.717, 1.165) is 30.6 Å². The number of amides is 2. The van der Waals surface area contributed by atoms with Crippen LogP contribution >= 0.6 is 0 Å². The average molecular weight is 260 g/mol. The van der Waals surface area contributed by atoms with Gasteiger partial charge in [-0.05, 0) is 37.1 Å². The minimum atomic E-state index is -0.0435. The summed E-state index contributed by atoms with van der Waals surface area (Å²) in [5.41, 5.74) is 1.53. The maximum absolute atomic E-state index is 11.8. The predicted octanol–water partition coefficient (Wildman–Crippen LogP) is 3.02. The zero-order valence-electron chi connectivity index (χ0n) is 11.4. The van der Waals surface area contributed by atoms with Gasteiger partial charge in [-0.3, -0.25) is 9.59 Å². The number of hydrogen-bond acceptors (Lipinski definition) is 2. The summed E-state index contributed by atoms with van der Waals surface area (Å²) in [5, 5.41) is 5.71. The van der Waals surface area contributed by atoms with Gasteiger partial charge in [-0.15, -0.1) is 0 Å². The van der Waals surface area contributed by atoms with Gasteiger partial charge in [0, 0.05) is 23.2 Å². The second-order valence-corrected chi connectivity index (χ2v) is 5.34. The minimum Gasteiger partial charge on any atom is -0.326 e. The SMILES string of the molecule is CC(C)C(=O)Nc1ccc(NC(=O)C2CCC2)cc1. The van der Waals surface area contributed by atoms with Gasteiger partial charge >= 0.3 is 0 Å². The van der Waals surface area contributed by atoms with Crippen LogP contribution in [0.25, 0.3) is 0 Å². The summed E-state index contributed by atoms with van der Waals surface area (Å²) < 4.78 is 0. The van der Waals surface area contributed by atoms with Gasteiger partial charge in [0.15, 0.2) is 0 Å². The molecule has 0 unspecified atom stereocenters. The monoisotopic (exact) mass is 260 g/mol. The highest BCUT2D eigenvalue weighted by Gasteiger charge is 2.24. The number of anilines is 2. The molecule has 0 aromatic heterocycles. The van der Waals surface area contributed by atoms with Crippen molar-refractivity contribution >= 4 is 23.2 Å². The van der Waals surface area contributed by atoms with Crippen molar-refractivity contribution in [1.29, 1.82) is 0 Å². The summed E-state index contributed by atoms with van der Waals surface area (Å²) in [4.78, 5) is 23.3. The molecule has 0 bridgehead atoms. The fraction of sp³-hybridized carbons (Fsp3) is 0.467. The topological polar surface area (TPSA) is 58.2 Å². The predicted molar refractivity (Wildman–Crippen MR) is 75.9 cm³/mol. The zero-order valence-corrected chi connectivity index (χ0v) is 11.4. The second kappa shape index (κ2) is 5.87. The van der Waals surface area contributed by atoms with Gasteiger partial charge in [0.25, 0.3) is 0 Å². The number of nitrogens with one attached hydrogen (secondary N) is 2. The van der Waals surface area contributed by atoms with E-state index in [9.17, 15) is 9.59 Å². The fourth-order valence-corrected chi connectivity index (χ4v) is 1.84. The van der Waals surface area contributed by atoms with Crippen molar-refractivity contribution in [3.63, 3.8) is 0 Å². The number of carbonyl (C=O) groups excluding carboxylic acids is 2. The van der Waals surface area contributed by atoms with Crippen LogP contribution in [0.15, 0.2) is 24.3 Å². The van der Waals surface area contributed by atoms with Gasteiger partial charge in [-0.1, -0.05) is 20.3 Å². The van der Waals surface area contributed by atoms with Crippen LogP contribution in [0.1, 0.15) is 33.1 Å². The van der Waals surface area contributed by atoms with Gasteiger partial charge in [-0.25, -0.2) is 0 Å². The highest BCUT2D eigenvalue weighted by atomic mass is 16.2. The Hall–Kier alpha value is -1.84. The van der Waals surface area contributed by atoms with E-state index in [1.807, 2.05) is 26.0 Å². The Morgan fingerprint density at radius 3 is 2.00 bits per heavy atom. The number of rotatable bonds is 4. The summed E-state index contributed by atoms with van der Waals surface area (Å²) in [6, 6.07) is 7.23. The van der Waals surface area contributed by atoms with Crippen LogP contribution in [-0.2, 0) is 9.59 Å². The van der Waals surface area contributed by atoms with Gasteiger partial charge in [0.2, 0.25) is 11.8 Å². The first-order chi connectivity index (χ1) is 9.06. The van der Waals surface area contributed by atoms with Crippen molar-refractivity contribution in [1.82, 2.24) is 0 Å². The quantitative estimate of drug-likeness (QED) is 0.874. The molecule has 0 spiro atoms. The maximum Gasteiger partial charge on any atom is 0.227 e. The summed E-state index contributed by atoms with van der Waals surface area (Å²) in [5.74, 6) is 0.231. The summed E-state index contributed by atoms with van der Waals surface area (Å²) >= 11 is 0. The first-order valence-electron chi connectivity index (χ1n) is 6.78. The molecule has 4 nitrogen and oxygen atoms in total. The van der Waals surface area contributed by atoms with E-state index in [4.69, 9.17) is 0 Å². The number of benzene rings is 1. The Bertz CT molecular complexity index is 462. The van der Waals surface area contributed by atoms with E-state index in [-0.39, 0.29) is 23.7 Å². The van der Waals surface area contributed by atoms with Crippen LogP contribution in [0.5, 0.6) is 0 Å². The molecule has 0 atom stereocenters. The standard InChI is InChI=1S/C15H20N2O2/c1-10(2)14(18)16-12-6-8-13(9-7-12)17-15(19)11-4-3-5-11/h6-11H,3-5H2,1-2H3,(H,16,18)(H,17,19). The molecular formula is C15H20N2O2. The smallest absolute Gasteiger partial charge is 0.227 e. The van der Waals surface area contributed by atoms with Crippen LogP contribution in [0.3, 0.4) is 0 Å². The van der Waals surface area contributed by atoms with E-state index < -0.39 is 0 Å². The molecule has 1 aromatic carbocycles. The lowest BCUT2D eigenvalue weighted by Gasteiger charge is -2.24. The minimum absolute atomic E-state index is 0.00810. The normalized spacial score (nSPS) is 14.9. The zero-order chi connectivity index (χ0) is 13.8. The van der Waals surface area contributed by atoms with Gasteiger partial charge in [-0.2, -0.15) is 0 Å². The second-order valence-electron chi connectivity index (χ2n) is 5.34. The lowest BCUT2D eigenvalue weighted by atomic mass is 9.85. The Labute approximate surface area is 113 Å². The molecule has 1 aromatic rings. The molecule has 102 valence electrons. The van der Waals surface area contributed by atoms with Crippen molar-refractivity contribution in [2.24, 2.45) is 11.8 Å². The fourth-order valence-electron chi connectivity index (χ4n) is 1.84. The molecule has 0 saturated heterocycles. The van der Waals surface area contributed by atoms with Crippen molar-refractivity contribution in [3.8, 4) is 0 Å². The van der Waals surface area contributed by atoms with Crippen molar-refractivity contribution in [2.75, 3.05) is 10.6 Å². The summed E-state index contributed by atoms with van der Waals surface area (Å²) in [7, 11) is 0. The molecule has 2 rings (SSSR count). The third kappa shape index (κ3) is 3.56. The molecule has 0 heterocycles. The van der Waals surface area contributed by atoms with Crippen molar-refractivity contribution < 1.29 is 9.59 Å². The highest BCUT2D eigenvalue weighted by molar-refractivity contribution is 5.94. The molecule has 1 aliphatic carbocycles. The first-order valence-corrected chi connectivity index (χ1v) is 6.78. The largest absolute Gasteiger partial charge is 0.326 e. The molecule has 1 aliphatic rings. The first kappa shape index (κ1) is 13.6. The Morgan fingerprint density at radius 1 is 1.05 bits per heavy atom. The molecule has 0 aliphatic heterocycles. The Balaban J connectivity index is 1.90. The number of hydrogen-bond donors (Lipinski definition) is 2. The van der Waals surface area contributed by atoms with E-state index in [1.165, 1.54) is 0 Å². The highest BCUT2D eigenvalue weighted by Crippen LogP contribution is 2.27. The molecule has 1 fully saturated rings. The Kier molecular flexibility index (Phi) is 4.20. The van der Waals surface area contributed by atoms with E-state index >= 15 is 0 Å². The molecule has 19 heavy (non-hydrogen) atoms. The van der Waals surface area contributed by atoms with Gasteiger partial charge in [0.05, 0.1) is 0 Å². The third-order valence-electron chi connectivity index (χ3n) is 3.42. The van der Waals surface area contributed by atoms with E-state index in [0.29, 0.717) is 0 Å². The van der Waals surface area contributed by atoms with Crippen LogP contribution in [0.4, 0.5) is 11.4 Å². The lowest BCUT2D eigenvalue weighted by molar-refractivity contribution is -0.122. The van der Waals surface area contributed by atoms with Gasteiger partial charge < -0.3 is 10.6 Å². The molecule has 4 heteroatoms. The average Bonchev–Trinajstić information content (AvgIpc) is 2.29. The molecule has 2 N–H and O–H groups in total. The molecule has 0 radical (unpaired) electrons. The Morgan fingerprint density at radius 2 is 1.58 bits per heavy atom. The van der Waals surface area contributed by atoms with E-state index in [2.05, 4.69) is 10.6 Å². The van der Waals surface area contributed by atoms with Crippen LogP contribution in [-0.4, -0.2) is 11.8 Å². The molecule has 2 amide bonds. The van der Waals surface area contributed by atoms with Crippen LogP contribution in [0, 0.1) is 11.8 Å². The van der Waals surface area contributed by atoms with Crippen LogP contribution < -0.4 is 10.6 Å². The molecule has 1 saturated carbocycles. The number of carbonyl (C=O) groups is 2. The van der Waals surface area contributed by atoms with E-state index in [1.54, 1.807) is 12.1 Å². The van der Waals surface area contributed by atoms with Crippen molar-refractivity contribution in [3.05, 3.63) is 24.3 Å². The summed E-state index contributed by atoms with van der Waals surface area (Å²) in [6.07, 6.45) is 3.14. The van der Waals surface area contributed by atoms with Crippen molar-refractivity contribution in [2.45, 2.75) is 33.1 Å². The maximum atomic E-state index is 11.8. The van der Waals surface area contributed by atoms with Crippen LogP contribution in [0.2, 0.25) is 0 Å². The third-order valence-corrected chi connectivity index (χ3v) is 3.42. The summed E-state index contributed by atoms with van der Waals surface area (Å²) in [6.45, 7) is 3.70. The lowest BCUT2D eigenvalue weighted by Crippen LogP contribution is -2.28. The molecular weight excluding hydrogens is 240 g/mol. The van der Waals surface area contributed by atoms with Gasteiger partial charge in [0.1, 0.15) is 0 Å².